The van der Waals surface area contributed by atoms with Crippen molar-refractivity contribution in [3.8, 4) is 11.5 Å². The molecule has 34 heavy (non-hydrogen) atoms. The van der Waals surface area contributed by atoms with Crippen LogP contribution in [0.25, 0.3) is 0 Å². The van der Waals surface area contributed by atoms with Gasteiger partial charge in [0.15, 0.2) is 11.5 Å². The van der Waals surface area contributed by atoms with Crippen LogP contribution in [0.5, 0.6) is 11.5 Å². The highest BCUT2D eigenvalue weighted by Crippen LogP contribution is 2.44. The minimum atomic E-state index is -3.46. The lowest BCUT2D eigenvalue weighted by atomic mass is 9.77. The number of rotatable bonds is 6. The van der Waals surface area contributed by atoms with Gasteiger partial charge in [-0.1, -0.05) is 37.1 Å². The first-order chi connectivity index (χ1) is 16.5. The van der Waals surface area contributed by atoms with Gasteiger partial charge in [-0.3, -0.25) is 4.79 Å². The summed E-state index contributed by atoms with van der Waals surface area (Å²) in [5.74, 6) is 1.79. The number of hydrogen-bond donors (Lipinski definition) is 1. The van der Waals surface area contributed by atoms with E-state index >= 15 is 0 Å². The molecule has 7 nitrogen and oxygen atoms in total. The van der Waals surface area contributed by atoms with Crippen molar-refractivity contribution in [1.82, 2.24) is 9.62 Å². The van der Waals surface area contributed by atoms with Crippen LogP contribution in [0.15, 0.2) is 53.4 Å². The summed E-state index contributed by atoms with van der Waals surface area (Å²) < 4.78 is 38.7. The quantitative estimate of drug-likeness (QED) is 0.679. The van der Waals surface area contributed by atoms with Gasteiger partial charge in [-0.2, -0.15) is 4.31 Å². The Bertz CT molecular complexity index is 1120. The largest absolute Gasteiger partial charge is 0.486 e. The van der Waals surface area contributed by atoms with Crippen molar-refractivity contribution in [1.29, 1.82) is 0 Å². The van der Waals surface area contributed by atoms with Crippen LogP contribution >= 0.6 is 0 Å². The zero-order valence-electron chi connectivity index (χ0n) is 19.4. The second-order valence-corrected chi connectivity index (χ2v) is 11.5. The van der Waals surface area contributed by atoms with Crippen LogP contribution in [-0.4, -0.2) is 51.5 Å². The molecule has 0 aromatic heterocycles. The summed E-state index contributed by atoms with van der Waals surface area (Å²) in [4.78, 5) is 13.8. The fourth-order valence-electron chi connectivity index (χ4n) is 5.47. The van der Waals surface area contributed by atoms with E-state index in [1.165, 1.54) is 0 Å². The summed E-state index contributed by atoms with van der Waals surface area (Å²) in [5, 5.41) is 3.22. The molecule has 182 valence electrons. The number of hydrogen-bond acceptors (Lipinski definition) is 5. The fraction of sp³-hybridized carbons (Fsp3) is 0.500. The Hall–Kier alpha value is -2.58. The number of piperidine rings is 1. The standard InChI is InChI=1S/C26H32N2O5S/c29-25(26(12-4-5-13-26)21-8-9-23-24(18-21)33-17-16-32-23)27-19-20-10-14-28(15-11-20)34(30,31)22-6-2-1-3-7-22/h1-3,6-9,18,20H,4-5,10-17,19H2,(H,27,29). The minimum absolute atomic E-state index is 0.0704. The molecule has 2 aromatic carbocycles. The molecule has 5 rings (SSSR count). The van der Waals surface area contributed by atoms with Gasteiger partial charge in [0.1, 0.15) is 13.2 Å². The lowest BCUT2D eigenvalue weighted by Gasteiger charge is -2.33. The van der Waals surface area contributed by atoms with Crippen molar-refractivity contribution in [2.24, 2.45) is 5.92 Å². The van der Waals surface area contributed by atoms with Crippen molar-refractivity contribution in [3.63, 3.8) is 0 Å². The first-order valence-corrected chi connectivity index (χ1v) is 13.7. The lowest BCUT2D eigenvalue weighted by molar-refractivity contribution is -0.126. The molecule has 1 amide bonds. The molecule has 0 unspecified atom stereocenters. The van der Waals surface area contributed by atoms with Crippen LogP contribution in [0, 0.1) is 5.92 Å². The molecular weight excluding hydrogens is 452 g/mol. The molecule has 2 aliphatic heterocycles. The summed E-state index contributed by atoms with van der Waals surface area (Å²) in [7, 11) is -3.46. The van der Waals surface area contributed by atoms with Gasteiger partial charge in [0.05, 0.1) is 10.3 Å². The third-order valence-electron chi connectivity index (χ3n) is 7.49. The van der Waals surface area contributed by atoms with Crippen LogP contribution in [0.1, 0.15) is 44.1 Å². The van der Waals surface area contributed by atoms with Crippen molar-refractivity contribution < 1.29 is 22.7 Å². The molecule has 2 aromatic rings. The van der Waals surface area contributed by atoms with E-state index in [4.69, 9.17) is 9.47 Å². The SMILES string of the molecule is O=C(NCC1CCN(S(=O)(=O)c2ccccc2)CC1)C1(c2ccc3c(c2)OCCO3)CCCC1. The average Bonchev–Trinajstić information content (AvgIpc) is 3.39. The summed E-state index contributed by atoms with van der Waals surface area (Å²) in [6.45, 7) is 2.60. The van der Waals surface area contributed by atoms with Gasteiger partial charge < -0.3 is 14.8 Å². The number of sulfonamides is 1. The molecule has 2 fully saturated rings. The van der Waals surface area contributed by atoms with Crippen LogP contribution < -0.4 is 14.8 Å². The van der Waals surface area contributed by atoms with E-state index in [0.29, 0.717) is 37.7 Å². The normalized spacial score (nSPS) is 20.7. The van der Waals surface area contributed by atoms with Crippen LogP contribution in [-0.2, 0) is 20.2 Å². The first-order valence-electron chi connectivity index (χ1n) is 12.2. The number of carbonyl (C=O) groups is 1. The summed E-state index contributed by atoms with van der Waals surface area (Å²) in [6, 6.07) is 14.5. The minimum Gasteiger partial charge on any atom is -0.486 e. The van der Waals surface area contributed by atoms with Crippen molar-refractivity contribution in [2.75, 3.05) is 32.8 Å². The molecule has 1 saturated carbocycles. The molecule has 8 heteroatoms. The van der Waals surface area contributed by atoms with Gasteiger partial charge in [-0.05, 0) is 61.4 Å². The van der Waals surface area contributed by atoms with E-state index < -0.39 is 15.4 Å². The van der Waals surface area contributed by atoms with E-state index in [0.717, 1.165) is 55.6 Å². The van der Waals surface area contributed by atoms with E-state index in [-0.39, 0.29) is 11.8 Å². The van der Waals surface area contributed by atoms with Crippen LogP contribution in [0.4, 0.5) is 0 Å². The van der Waals surface area contributed by atoms with E-state index in [1.807, 2.05) is 24.3 Å². The Morgan fingerprint density at radius 2 is 1.65 bits per heavy atom. The highest BCUT2D eigenvalue weighted by Gasteiger charge is 2.43. The zero-order valence-corrected chi connectivity index (χ0v) is 20.2. The Balaban J connectivity index is 1.21. The predicted molar refractivity (Wildman–Crippen MR) is 129 cm³/mol. The number of nitrogens with one attached hydrogen (secondary N) is 1. The van der Waals surface area contributed by atoms with Crippen molar-refractivity contribution in [2.45, 2.75) is 48.8 Å². The number of amides is 1. The monoisotopic (exact) mass is 484 g/mol. The Labute approximate surface area is 201 Å². The molecule has 0 radical (unpaired) electrons. The maximum Gasteiger partial charge on any atom is 0.243 e. The zero-order chi connectivity index (χ0) is 23.6. The Morgan fingerprint density at radius 3 is 2.35 bits per heavy atom. The van der Waals surface area contributed by atoms with Gasteiger partial charge in [-0.15, -0.1) is 0 Å². The van der Waals surface area contributed by atoms with Crippen LogP contribution in [0.2, 0.25) is 0 Å². The maximum absolute atomic E-state index is 13.5. The molecule has 1 saturated heterocycles. The van der Waals surface area contributed by atoms with Gasteiger partial charge in [-0.25, -0.2) is 8.42 Å². The number of nitrogens with zero attached hydrogens (tertiary/aromatic N) is 1. The van der Waals surface area contributed by atoms with E-state index in [2.05, 4.69) is 5.32 Å². The van der Waals surface area contributed by atoms with Crippen molar-refractivity contribution >= 4 is 15.9 Å². The third kappa shape index (κ3) is 4.41. The highest BCUT2D eigenvalue weighted by molar-refractivity contribution is 7.89. The Morgan fingerprint density at radius 1 is 0.971 bits per heavy atom. The molecule has 0 spiro atoms. The second kappa shape index (κ2) is 9.58. The van der Waals surface area contributed by atoms with E-state index in [1.54, 1.807) is 28.6 Å². The molecule has 0 bridgehead atoms. The Kier molecular flexibility index (Phi) is 6.53. The number of carbonyl (C=O) groups excluding carboxylic acids is 1. The highest BCUT2D eigenvalue weighted by atomic mass is 32.2. The molecule has 2 heterocycles. The summed E-state index contributed by atoms with van der Waals surface area (Å²) >= 11 is 0. The number of ether oxygens (including phenoxy) is 2. The molecule has 3 aliphatic rings. The second-order valence-electron chi connectivity index (χ2n) is 9.52. The van der Waals surface area contributed by atoms with Gasteiger partial charge in [0.2, 0.25) is 15.9 Å². The third-order valence-corrected chi connectivity index (χ3v) is 9.41. The van der Waals surface area contributed by atoms with Gasteiger partial charge >= 0.3 is 0 Å². The molecule has 1 aliphatic carbocycles. The predicted octanol–water partition coefficient (Wildman–Crippen LogP) is 3.49. The van der Waals surface area contributed by atoms with Crippen molar-refractivity contribution in [3.05, 3.63) is 54.1 Å². The smallest absolute Gasteiger partial charge is 0.243 e. The fourth-order valence-corrected chi connectivity index (χ4v) is 6.96. The molecule has 0 atom stereocenters. The van der Waals surface area contributed by atoms with Gasteiger partial charge in [0, 0.05) is 19.6 Å². The number of benzene rings is 2. The summed E-state index contributed by atoms with van der Waals surface area (Å²) in [6.07, 6.45) is 5.18. The molecular formula is C26H32N2O5S. The maximum atomic E-state index is 13.5. The first kappa shape index (κ1) is 23.2. The summed E-state index contributed by atoms with van der Waals surface area (Å²) in [5.41, 5.74) is 0.461. The van der Waals surface area contributed by atoms with Crippen LogP contribution in [0.3, 0.4) is 0 Å². The van der Waals surface area contributed by atoms with E-state index in [9.17, 15) is 13.2 Å². The molecule has 1 N–H and O–H groups in total. The average molecular weight is 485 g/mol. The lowest BCUT2D eigenvalue weighted by Crippen LogP contribution is -2.46. The topological polar surface area (TPSA) is 84.9 Å². The van der Waals surface area contributed by atoms with Gasteiger partial charge in [0.25, 0.3) is 0 Å². The number of fused-ring (bicyclic) bond motifs is 1.